The minimum atomic E-state index is -0.560. The Morgan fingerprint density at radius 3 is 2.48 bits per heavy atom. The van der Waals surface area contributed by atoms with Crippen LogP contribution >= 0.6 is 0 Å². The number of amides is 2. The lowest BCUT2D eigenvalue weighted by Gasteiger charge is -2.20. The molecule has 2 amide bonds. The van der Waals surface area contributed by atoms with Gasteiger partial charge in [0.1, 0.15) is 23.0 Å². The van der Waals surface area contributed by atoms with Crippen LogP contribution in [0, 0.1) is 11.7 Å². The van der Waals surface area contributed by atoms with Crippen molar-refractivity contribution in [2.45, 2.75) is 38.6 Å². The second kappa shape index (κ2) is 11.7. The molecule has 44 heavy (non-hydrogen) atoms. The fraction of sp³-hybridized carbons (Fsp3) is 0.250. The van der Waals surface area contributed by atoms with Crippen molar-refractivity contribution in [2.24, 2.45) is 5.92 Å². The molecule has 3 aromatic heterocycles. The lowest BCUT2D eigenvalue weighted by Crippen LogP contribution is -2.30. The summed E-state index contributed by atoms with van der Waals surface area (Å²) in [5, 5.41) is 2.57. The van der Waals surface area contributed by atoms with E-state index in [2.05, 4.69) is 20.3 Å². The summed E-state index contributed by atoms with van der Waals surface area (Å²) in [6.07, 6.45) is 3.66. The number of halogens is 1. The summed E-state index contributed by atoms with van der Waals surface area (Å²) in [5.41, 5.74) is 1.59. The number of H-pyrrole nitrogens is 2. The Bertz CT molecular complexity index is 1980. The van der Waals surface area contributed by atoms with Gasteiger partial charge in [0, 0.05) is 38.3 Å². The van der Waals surface area contributed by atoms with Gasteiger partial charge in [-0.1, -0.05) is 30.3 Å². The SMILES string of the molecule is CC(=O)Nc1ccc(C(=O)N(C)c2ccc(C(Cc3ccccc3F)c3nc4c([nH]3)c(=O)[nH]c(=O)n4CC3CC3)cc2)cn1. The molecule has 1 saturated carbocycles. The van der Waals surface area contributed by atoms with Gasteiger partial charge in [-0.2, -0.15) is 0 Å². The van der Waals surface area contributed by atoms with E-state index in [1.54, 1.807) is 49.5 Å². The van der Waals surface area contributed by atoms with E-state index in [0.29, 0.717) is 40.9 Å². The van der Waals surface area contributed by atoms with Gasteiger partial charge in [0.25, 0.3) is 11.5 Å². The molecule has 2 aromatic carbocycles. The summed E-state index contributed by atoms with van der Waals surface area (Å²) in [6.45, 7) is 1.84. The number of carbonyl (C=O) groups excluding carboxylic acids is 2. The highest BCUT2D eigenvalue weighted by molar-refractivity contribution is 6.05. The van der Waals surface area contributed by atoms with Gasteiger partial charge in [-0.25, -0.2) is 19.2 Å². The van der Waals surface area contributed by atoms with Crippen LogP contribution in [0.15, 0.2) is 76.4 Å². The summed E-state index contributed by atoms with van der Waals surface area (Å²) in [5.74, 6) is -0.280. The molecule has 3 N–H and O–H groups in total. The number of benzene rings is 2. The van der Waals surface area contributed by atoms with E-state index in [1.165, 1.54) is 28.7 Å². The molecule has 1 fully saturated rings. The average Bonchev–Trinajstić information content (AvgIpc) is 3.73. The minimum absolute atomic E-state index is 0.193. The highest BCUT2D eigenvalue weighted by Gasteiger charge is 2.27. The van der Waals surface area contributed by atoms with Gasteiger partial charge in [0.15, 0.2) is 5.65 Å². The number of imidazole rings is 1. The Kier molecular flexibility index (Phi) is 7.64. The van der Waals surface area contributed by atoms with Crippen LogP contribution in [-0.4, -0.2) is 43.4 Å². The zero-order chi connectivity index (χ0) is 31.0. The molecule has 0 radical (unpaired) electrons. The molecule has 0 bridgehead atoms. The van der Waals surface area contributed by atoms with Crippen LogP contribution in [0.1, 0.15) is 53.0 Å². The molecule has 0 aliphatic heterocycles. The lowest BCUT2D eigenvalue weighted by atomic mass is 9.91. The molecular formula is C32H30FN7O4. The first-order chi connectivity index (χ1) is 21.2. The van der Waals surface area contributed by atoms with E-state index in [4.69, 9.17) is 4.98 Å². The molecule has 1 atom stereocenters. The largest absolute Gasteiger partial charge is 0.336 e. The van der Waals surface area contributed by atoms with E-state index in [9.17, 15) is 23.6 Å². The average molecular weight is 596 g/mol. The van der Waals surface area contributed by atoms with Crippen LogP contribution in [-0.2, 0) is 17.8 Å². The van der Waals surface area contributed by atoms with Crippen molar-refractivity contribution < 1.29 is 14.0 Å². The molecule has 1 aliphatic carbocycles. The molecule has 12 heteroatoms. The molecule has 3 heterocycles. The zero-order valence-corrected chi connectivity index (χ0v) is 24.1. The number of pyridine rings is 1. The molecule has 6 rings (SSSR count). The van der Waals surface area contributed by atoms with E-state index in [1.807, 2.05) is 12.1 Å². The quantitative estimate of drug-likeness (QED) is 0.235. The zero-order valence-electron chi connectivity index (χ0n) is 24.1. The minimum Gasteiger partial charge on any atom is -0.336 e. The Morgan fingerprint density at radius 2 is 1.82 bits per heavy atom. The smallest absolute Gasteiger partial charge is 0.330 e. The van der Waals surface area contributed by atoms with E-state index in [0.717, 1.165) is 18.4 Å². The van der Waals surface area contributed by atoms with Crippen molar-refractivity contribution in [3.63, 3.8) is 0 Å². The van der Waals surface area contributed by atoms with E-state index >= 15 is 0 Å². The number of rotatable bonds is 9. The summed E-state index contributed by atoms with van der Waals surface area (Å²) in [4.78, 5) is 65.7. The fourth-order valence-electron chi connectivity index (χ4n) is 5.22. The second-order valence-electron chi connectivity index (χ2n) is 11.1. The Morgan fingerprint density at radius 1 is 1.07 bits per heavy atom. The summed E-state index contributed by atoms with van der Waals surface area (Å²) >= 11 is 0. The monoisotopic (exact) mass is 595 g/mol. The molecule has 11 nitrogen and oxygen atoms in total. The van der Waals surface area contributed by atoms with Crippen LogP contribution in [0.5, 0.6) is 0 Å². The number of carbonyl (C=O) groups is 2. The standard InChI is InChI=1S/C32H30FN7O4/c1-18(41)35-26-14-11-22(16-34-26)31(43)39(2)23-12-9-20(10-13-23)24(15-21-5-3-4-6-25(21)33)28-36-27-29(37-28)40(17-19-7-8-19)32(44)38-30(27)42/h3-6,9-14,16,19,24H,7-8,15,17H2,1-2H3,(H,36,37)(H,34,35,41)(H,38,42,44). The van der Waals surface area contributed by atoms with E-state index in [-0.39, 0.29) is 35.2 Å². The molecule has 224 valence electrons. The number of hydrogen-bond acceptors (Lipinski definition) is 6. The highest BCUT2D eigenvalue weighted by Crippen LogP contribution is 2.32. The van der Waals surface area contributed by atoms with Crippen molar-refractivity contribution in [1.82, 2.24) is 24.5 Å². The topological polar surface area (TPSA) is 146 Å². The Balaban J connectivity index is 1.33. The van der Waals surface area contributed by atoms with Gasteiger partial charge in [-0.05, 0) is 66.6 Å². The summed E-state index contributed by atoms with van der Waals surface area (Å²) in [7, 11) is 1.64. The number of aromatic nitrogens is 5. The van der Waals surface area contributed by atoms with Crippen molar-refractivity contribution in [3.8, 4) is 0 Å². The van der Waals surface area contributed by atoms with Crippen LogP contribution in [0.4, 0.5) is 15.9 Å². The third kappa shape index (κ3) is 5.91. The van der Waals surface area contributed by atoms with Gasteiger partial charge >= 0.3 is 5.69 Å². The number of nitrogens with one attached hydrogen (secondary N) is 3. The fourth-order valence-corrected chi connectivity index (χ4v) is 5.22. The summed E-state index contributed by atoms with van der Waals surface area (Å²) in [6, 6.07) is 16.8. The first-order valence-electron chi connectivity index (χ1n) is 14.3. The first-order valence-corrected chi connectivity index (χ1v) is 14.3. The summed E-state index contributed by atoms with van der Waals surface area (Å²) < 4.78 is 16.3. The van der Waals surface area contributed by atoms with Gasteiger partial charge in [-0.15, -0.1) is 0 Å². The maximum Gasteiger partial charge on any atom is 0.330 e. The second-order valence-corrected chi connectivity index (χ2v) is 11.1. The van der Waals surface area contributed by atoms with Crippen LogP contribution in [0.25, 0.3) is 11.2 Å². The normalized spacial score (nSPS) is 13.5. The molecule has 0 spiro atoms. The third-order valence-corrected chi connectivity index (χ3v) is 7.80. The van der Waals surface area contributed by atoms with Gasteiger partial charge in [-0.3, -0.25) is 23.9 Å². The van der Waals surface area contributed by atoms with Gasteiger partial charge in [0.05, 0.1) is 5.56 Å². The number of anilines is 2. The van der Waals surface area contributed by atoms with Gasteiger partial charge < -0.3 is 15.2 Å². The first kappa shape index (κ1) is 28.7. The van der Waals surface area contributed by atoms with Crippen LogP contribution in [0.2, 0.25) is 0 Å². The maximum atomic E-state index is 14.8. The number of aromatic amines is 2. The molecule has 5 aromatic rings. The van der Waals surface area contributed by atoms with Crippen molar-refractivity contribution >= 4 is 34.5 Å². The van der Waals surface area contributed by atoms with Gasteiger partial charge in [0.2, 0.25) is 5.91 Å². The Labute approximate surface area is 250 Å². The van der Waals surface area contributed by atoms with Crippen molar-refractivity contribution in [1.29, 1.82) is 0 Å². The third-order valence-electron chi connectivity index (χ3n) is 7.80. The lowest BCUT2D eigenvalue weighted by molar-refractivity contribution is -0.114. The van der Waals surface area contributed by atoms with Crippen LogP contribution in [0.3, 0.4) is 0 Å². The van der Waals surface area contributed by atoms with Crippen molar-refractivity contribution in [3.05, 3.63) is 116 Å². The Hall–Kier alpha value is -5.39. The predicted octanol–water partition coefficient (Wildman–Crippen LogP) is 3.97. The highest BCUT2D eigenvalue weighted by atomic mass is 19.1. The predicted molar refractivity (Wildman–Crippen MR) is 163 cm³/mol. The number of hydrogen-bond donors (Lipinski definition) is 3. The van der Waals surface area contributed by atoms with Crippen LogP contribution < -0.4 is 21.5 Å². The number of fused-ring (bicyclic) bond motifs is 1. The molecule has 1 aliphatic rings. The number of nitrogens with zero attached hydrogens (tertiary/aromatic N) is 4. The molecular weight excluding hydrogens is 565 g/mol. The molecule has 0 saturated heterocycles. The molecule has 1 unspecified atom stereocenters. The van der Waals surface area contributed by atoms with E-state index < -0.39 is 17.2 Å². The maximum absolute atomic E-state index is 14.8. The van der Waals surface area contributed by atoms with Crippen molar-refractivity contribution in [2.75, 3.05) is 17.3 Å².